The Balaban J connectivity index is 1.95. The van der Waals surface area contributed by atoms with E-state index in [1.165, 1.54) is 0 Å². The van der Waals surface area contributed by atoms with Gasteiger partial charge in [0.05, 0.1) is 17.7 Å². The number of aromatic nitrogens is 1. The van der Waals surface area contributed by atoms with Gasteiger partial charge in [-0.15, -0.1) is 11.3 Å². The second-order valence-corrected chi connectivity index (χ2v) is 5.61. The van der Waals surface area contributed by atoms with E-state index in [-0.39, 0.29) is 5.91 Å². The maximum atomic E-state index is 12.0. The van der Waals surface area contributed by atoms with Crippen LogP contribution in [0.1, 0.15) is 15.4 Å². The highest BCUT2D eigenvalue weighted by Crippen LogP contribution is 2.22. The molecule has 0 saturated carbocycles. The Labute approximate surface area is 124 Å². The van der Waals surface area contributed by atoms with Crippen molar-refractivity contribution in [1.82, 2.24) is 10.3 Å². The lowest BCUT2D eigenvalue weighted by Crippen LogP contribution is -2.26. The normalized spacial score (nSPS) is 10.2. The zero-order valence-corrected chi connectivity index (χ0v) is 12.8. The zero-order valence-electron chi connectivity index (χ0n) is 10.4. The highest BCUT2D eigenvalue weighted by atomic mass is 79.9. The Morgan fingerprint density at radius 3 is 3.05 bits per heavy atom. The summed E-state index contributed by atoms with van der Waals surface area (Å²) in [7, 11) is 1.58. The number of methoxy groups -OCH3 is 1. The number of rotatable bonds is 5. The van der Waals surface area contributed by atoms with Gasteiger partial charge in [0.25, 0.3) is 5.91 Å². The minimum Gasteiger partial charge on any atom is -0.497 e. The molecule has 1 N–H and O–H groups in total. The van der Waals surface area contributed by atoms with Gasteiger partial charge in [-0.1, -0.05) is 0 Å². The van der Waals surface area contributed by atoms with Crippen LogP contribution in [0.2, 0.25) is 0 Å². The van der Waals surface area contributed by atoms with Gasteiger partial charge in [-0.25, -0.2) is 4.98 Å². The lowest BCUT2D eigenvalue weighted by molar-refractivity contribution is 0.0953. The number of nitrogens with one attached hydrogen (secondary N) is 1. The minimum absolute atomic E-state index is 0.123. The second kappa shape index (κ2) is 6.68. The molecular weight excluding hydrogens is 328 g/mol. The van der Waals surface area contributed by atoms with E-state index < -0.39 is 0 Å². The minimum atomic E-state index is -0.123. The summed E-state index contributed by atoms with van der Waals surface area (Å²) in [5, 5.41) is 5.82. The molecule has 6 heteroatoms. The maximum Gasteiger partial charge on any atom is 0.252 e. The van der Waals surface area contributed by atoms with E-state index >= 15 is 0 Å². The van der Waals surface area contributed by atoms with Gasteiger partial charge in [-0.3, -0.25) is 4.79 Å². The third-order valence-electron chi connectivity index (χ3n) is 2.53. The number of ether oxygens (including phenoxy) is 1. The molecule has 0 radical (unpaired) electrons. The van der Waals surface area contributed by atoms with Gasteiger partial charge in [-0.05, 0) is 34.1 Å². The van der Waals surface area contributed by atoms with Crippen LogP contribution < -0.4 is 10.1 Å². The fourth-order valence-electron chi connectivity index (χ4n) is 1.56. The summed E-state index contributed by atoms with van der Waals surface area (Å²) >= 11 is 4.95. The Morgan fingerprint density at radius 2 is 2.37 bits per heavy atom. The molecule has 0 aliphatic carbocycles. The molecule has 0 spiro atoms. The molecule has 2 rings (SSSR count). The van der Waals surface area contributed by atoms with Crippen molar-refractivity contribution in [3.05, 3.63) is 44.8 Å². The van der Waals surface area contributed by atoms with E-state index in [0.717, 1.165) is 15.9 Å². The first-order chi connectivity index (χ1) is 9.20. The molecule has 100 valence electrons. The largest absolute Gasteiger partial charge is 0.497 e. The van der Waals surface area contributed by atoms with Gasteiger partial charge >= 0.3 is 0 Å². The van der Waals surface area contributed by atoms with E-state index in [0.29, 0.717) is 17.9 Å². The van der Waals surface area contributed by atoms with Crippen LogP contribution in [0.3, 0.4) is 0 Å². The Morgan fingerprint density at radius 1 is 1.53 bits per heavy atom. The van der Waals surface area contributed by atoms with E-state index in [1.54, 1.807) is 42.8 Å². The predicted octanol–water partition coefficient (Wildman–Crippen LogP) is 2.89. The number of hydrogen-bond acceptors (Lipinski definition) is 4. The van der Waals surface area contributed by atoms with Crippen molar-refractivity contribution in [2.75, 3.05) is 13.7 Å². The number of halogens is 1. The molecule has 0 bridgehead atoms. The van der Waals surface area contributed by atoms with Crippen molar-refractivity contribution in [3.63, 3.8) is 0 Å². The highest BCUT2D eigenvalue weighted by Gasteiger charge is 2.11. The van der Waals surface area contributed by atoms with Crippen molar-refractivity contribution in [1.29, 1.82) is 0 Å². The number of carbonyl (C=O) groups excluding carboxylic acids is 1. The molecule has 0 fully saturated rings. The molecule has 19 heavy (non-hydrogen) atoms. The molecule has 0 atom stereocenters. The smallest absolute Gasteiger partial charge is 0.252 e. The highest BCUT2D eigenvalue weighted by molar-refractivity contribution is 9.10. The molecule has 0 saturated heterocycles. The van der Waals surface area contributed by atoms with E-state index in [2.05, 4.69) is 26.2 Å². The Hall–Kier alpha value is -1.40. The number of nitrogens with zero attached hydrogens (tertiary/aromatic N) is 1. The van der Waals surface area contributed by atoms with Crippen LogP contribution in [0, 0.1) is 0 Å². The van der Waals surface area contributed by atoms with Crippen LogP contribution in [0.25, 0.3) is 0 Å². The van der Waals surface area contributed by atoms with Gasteiger partial charge in [0.2, 0.25) is 0 Å². The van der Waals surface area contributed by atoms with Gasteiger partial charge in [-0.2, -0.15) is 0 Å². The molecule has 1 amide bonds. The predicted molar refractivity (Wildman–Crippen MR) is 78.8 cm³/mol. The molecule has 1 heterocycles. The second-order valence-electron chi connectivity index (χ2n) is 3.78. The number of thiazole rings is 1. The lowest BCUT2D eigenvalue weighted by Gasteiger charge is -2.08. The van der Waals surface area contributed by atoms with Crippen molar-refractivity contribution in [2.45, 2.75) is 6.42 Å². The van der Waals surface area contributed by atoms with Crippen molar-refractivity contribution in [3.8, 4) is 5.75 Å². The third kappa shape index (κ3) is 3.78. The average molecular weight is 341 g/mol. The summed E-state index contributed by atoms with van der Waals surface area (Å²) in [6.45, 7) is 0.565. The standard InChI is InChI=1S/C13H13BrN2O2S/c1-18-9-2-3-11(14)10(8-9)13(17)16-5-4-12-15-6-7-19-12/h2-3,6-8H,4-5H2,1H3,(H,16,17). The first-order valence-electron chi connectivity index (χ1n) is 5.71. The monoisotopic (exact) mass is 340 g/mol. The Kier molecular flexibility index (Phi) is 4.93. The van der Waals surface area contributed by atoms with Crippen LogP contribution in [-0.2, 0) is 6.42 Å². The first-order valence-corrected chi connectivity index (χ1v) is 7.38. The molecule has 2 aromatic rings. The van der Waals surface area contributed by atoms with Crippen LogP contribution in [0.5, 0.6) is 5.75 Å². The molecule has 0 aliphatic rings. The average Bonchev–Trinajstić information content (AvgIpc) is 2.92. The number of carbonyl (C=O) groups is 1. The van der Waals surface area contributed by atoms with Gasteiger partial charge in [0.1, 0.15) is 5.75 Å². The topological polar surface area (TPSA) is 51.2 Å². The summed E-state index contributed by atoms with van der Waals surface area (Å²) in [5.41, 5.74) is 0.568. The molecule has 1 aromatic heterocycles. The summed E-state index contributed by atoms with van der Waals surface area (Å²) in [6, 6.07) is 5.31. The van der Waals surface area contributed by atoms with Crippen LogP contribution >= 0.6 is 27.3 Å². The van der Waals surface area contributed by atoms with E-state index in [4.69, 9.17) is 4.74 Å². The first kappa shape index (κ1) is 14.0. The number of amides is 1. The van der Waals surface area contributed by atoms with E-state index in [1.807, 2.05) is 5.38 Å². The third-order valence-corrected chi connectivity index (χ3v) is 4.06. The molecule has 1 aromatic carbocycles. The molecule has 4 nitrogen and oxygen atoms in total. The van der Waals surface area contributed by atoms with Gasteiger partial charge in [0, 0.05) is 29.0 Å². The molecule has 0 aliphatic heterocycles. The quantitative estimate of drug-likeness (QED) is 0.910. The van der Waals surface area contributed by atoms with Crippen LogP contribution in [-0.4, -0.2) is 24.5 Å². The van der Waals surface area contributed by atoms with Gasteiger partial charge in [0.15, 0.2) is 0 Å². The number of hydrogen-bond donors (Lipinski definition) is 1. The zero-order chi connectivity index (χ0) is 13.7. The molecular formula is C13H13BrN2O2S. The molecule has 0 unspecified atom stereocenters. The lowest BCUT2D eigenvalue weighted by atomic mass is 10.2. The van der Waals surface area contributed by atoms with Crippen LogP contribution in [0.4, 0.5) is 0 Å². The van der Waals surface area contributed by atoms with E-state index in [9.17, 15) is 4.79 Å². The van der Waals surface area contributed by atoms with Crippen LogP contribution in [0.15, 0.2) is 34.2 Å². The summed E-state index contributed by atoms with van der Waals surface area (Å²) in [6.07, 6.45) is 2.51. The van der Waals surface area contributed by atoms with Crippen molar-refractivity contribution in [2.24, 2.45) is 0 Å². The summed E-state index contributed by atoms with van der Waals surface area (Å²) in [5.74, 6) is 0.538. The van der Waals surface area contributed by atoms with Gasteiger partial charge < -0.3 is 10.1 Å². The van der Waals surface area contributed by atoms with Crippen molar-refractivity contribution < 1.29 is 9.53 Å². The maximum absolute atomic E-state index is 12.0. The number of benzene rings is 1. The SMILES string of the molecule is COc1ccc(Br)c(C(=O)NCCc2nccs2)c1. The van der Waals surface area contributed by atoms with Crippen molar-refractivity contribution >= 4 is 33.2 Å². The summed E-state index contributed by atoms with van der Waals surface area (Å²) < 4.78 is 5.86. The fraction of sp³-hybridized carbons (Fsp3) is 0.231. The Bertz CT molecular complexity index is 558. The summed E-state index contributed by atoms with van der Waals surface area (Å²) in [4.78, 5) is 16.2. The fourth-order valence-corrected chi connectivity index (χ4v) is 2.61.